The van der Waals surface area contributed by atoms with Crippen molar-refractivity contribution in [2.75, 3.05) is 16.8 Å². The summed E-state index contributed by atoms with van der Waals surface area (Å²) in [4.78, 5) is 35.9. The molecule has 0 bridgehead atoms. The number of rotatable bonds is 3. The lowest BCUT2D eigenvalue weighted by Crippen LogP contribution is -2.32. The van der Waals surface area contributed by atoms with Crippen LogP contribution in [0.5, 0.6) is 0 Å². The predicted octanol–water partition coefficient (Wildman–Crippen LogP) is 4.11. The van der Waals surface area contributed by atoms with Crippen LogP contribution in [-0.4, -0.2) is 38.5 Å². The van der Waals surface area contributed by atoms with Crippen LogP contribution in [0.15, 0.2) is 61.1 Å². The number of halogens is 2. The molecule has 5 rings (SSSR count). The van der Waals surface area contributed by atoms with E-state index < -0.39 is 11.7 Å². The van der Waals surface area contributed by atoms with Gasteiger partial charge in [0.1, 0.15) is 17.3 Å². The van der Waals surface area contributed by atoms with Crippen molar-refractivity contribution in [3.8, 4) is 11.4 Å². The van der Waals surface area contributed by atoms with E-state index in [1.165, 1.54) is 24.4 Å². The Morgan fingerprint density at radius 1 is 1.12 bits per heavy atom. The van der Waals surface area contributed by atoms with Crippen molar-refractivity contribution in [2.45, 2.75) is 6.42 Å². The quantitative estimate of drug-likeness (QED) is 0.476. The Morgan fingerprint density at radius 3 is 2.82 bits per heavy atom. The zero-order valence-electron chi connectivity index (χ0n) is 17.0. The first-order valence-corrected chi connectivity index (χ1v) is 10.4. The normalized spacial score (nSPS) is 12.5. The van der Waals surface area contributed by atoms with Crippen LogP contribution < -0.4 is 10.2 Å². The van der Waals surface area contributed by atoms with Gasteiger partial charge in [0.25, 0.3) is 11.8 Å². The molecule has 0 unspecified atom stereocenters. The third kappa shape index (κ3) is 3.94. The predicted molar refractivity (Wildman–Crippen MR) is 121 cm³/mol. The molecule has 1 aliphatic heterocycles. The van der Waals surface area contributed by atoms with Gasteiger partial charge in [0.05, 0.1) is 28.7 Å². The fourth-order valence-corrected chi connectivity index (χ4v) is 3.85. The molecule has 1 aliphatic rings. The average Bonchev–Trinajstić information content (AvgIpc) is 3.24. The molecule has 0 spiro atoms. The smallest absolute Gasteiger partial charge is 0.259 e. The number of H-pyrrole nitrogens is 1. The molecule has 2 amide bonds. The van der Waals surface area contributed by atoms with Gasteiger partial charge in [0.2, 0.25) is 0 Å². The highest BCUT2D eigenvalue weighted by Crippen LogP contribution is 2.33. The zero-order valence-corrected chi connectivity index (χ0v) is 17.8. The van der Waals surface area contributed by atoms with E-state index in [2.05, 4.69) is 25.5 Å². The van der Waals surface area contributed by atoms with E-state index in [1.54, 1.807) is 29.4 Å². The van der Waals surface area contributed by atoms with E-state index in [-0.39, 0.29) is 22.3 Å². The number of fused-ring (bicyclic) bond motifs is 3. The lowest BCUT2D eigenvalue weighted by Gasteiger charge is -2.22. The van der Waals surface area contributed by atoms with Gasteiger partial charge in [0, 0.05) is 29.5 Å². The minimum atomic E-state index is -0.697. The van der Waals surface area contributed by atoms with Gasteiger partial charge in [0.15, 0.2) is 0 Å². The van der Waals surface area contributed by atoms with E-state index in [9.17, 15) is 14.0 Å². The van der Waals surface area contributed by atoms with Crippen LogP contribution in [0, 0.1) is 5.82 Å². The number of benzene rings is 1. The Balaban J connectivity index is 1.37. The maximum Gasteiger partial charge on any atom is 0.259 e. The Morgan fingerprint density at radius 2 is 2.00 bits per heavy atom. The van der Waals surface area contributed by atoms with Gasteiger partial charge in [-0.3, -0.25) is 19.7 Å². The fourth-order valence-electron chi connectivity index (χ4n) is 3.68. The maximum absolute atomic E-state index is 13.9. The molecule has 8 nitrogen and oxygen atoms in total. The number of carbonyl (C=O) groups excluding carboxylic acids is 2. The minimum absolute atomic E-state index is 0.176. The highest BCUT2D eigenvalue weighted by molar-refractivity contribution is 6.31. The van der Waals surface area contributed by atoms with E-state index in [4.69, 9.17) is 11.6 Å². The maximum atomic E-state index is 13.9. The molecule has 0 aliphatic carbocycles. The first kappa shape index (κ1) is 20.8. The molecule has 10 heteroatoms. The second-order valence-electron chi connectivity index (χ2n) is 7.36. The van der Waals surface area contributed by atoms with Crippen molar-refractivity contribution in [1.29, 1.82) is 0 Å². The standard InChI is InChI=1S/C23H16ClFN6O2/c24-15-4-5-17(25)16(10-15)22(32)29-19-6-3-14(11-27-19)23(33)31-9-7-13-12-28-30-20(13)21-18(31)2-1-8-26-21/h1-6,8,10-12H,7,9H2,(H,28,30)(H,27,29,32). The SMILES string of the molecule is O=C(Nc1ccc(C(=O)N2CCc3cn[nH]c3-c3ncccc32)cn1)c1cc(Cl)ccc1F. The van der Waals surface area contributed by atoms with Gasteiger partial charge in [-0.1, -0.05) is 11.6 Å². The summed E-state index contributed by atoms with van der Waals surface area (Å²) in [6, 6.07) is 10.4. The van der Waals surface area contributed by atoms with Crippen molar-refractivity contribution in [2.24, 2.45) is 0 Å². The number of anilines is 2. The van der Waals surface area contributed by atoms with Gasteiger partial charge < -0.3 is 10.2 Å². The monoisotopic (exact) mass is 462 g/mol. The molecular weight excluding hydrogens is 447 g/mol. The first-order chi connectivity index (χ1) is 16.0. The molecule has 0 saturated carbocycles. The third-order valence-corrected chi connectivity index (χ3v) is 5.54. The van der Waals surface area contributed by atoms with Crippen LogP contribution in [-0.2, 0) is 6.42 Å². The molecule has 0 radical (unpaired) electrons. The van der Waals surface area contributed by atoms with Gasteiger partial charge in [-0.15, -0.1) is 0 Å². The lowest BCUT2D eigenvalue weighted by molar-refractivity contribution is 0.0985. The van der Waals surface area contributed by atoms with E-state index >= 15 is 0 Å². The van der Waals surface area contributed by atoms with Crippen molar-refractivity contribution < 1.29 is 14.0 Å². The number of carbonyl (C=O) groups is 2. The molecule has 4 heterocycles. The van der Waals surface area contributed by atoms with Crippen LogP contribution in [0.25, 0.3) is 11.4 Å². The van der Waals surface area contributed by atoms with Crippen molar-refractivity contribution in [3.05, 3.63) is 88.6 Å². The Labute approximate surface area is 192 Å². The van der Waals surface area contributed by atoms with Crippen LogP contribution in [0.3, 0.4) is 0 Å². The van der Waals surface area contributed by atoms with E-state index in [1.807, 2.05) is 6.07 Å². The van der Waals surface area contributed by atoms with Crippen LogP contribution in [0.4, 0.5) is 15.9 Å². The molecule has 3 aromatic heterocycles. The summed E-state index contributed by atoms with van der Waals surface area (Å²) in [5, 5.41) is 9.81. The van der Waals surface area contributed by atoms with Gasteiger partial charge in [-0.2, -0.15) is 5.10 Å². The Kier molecular flexibility index (Phi) is 5.31. The summed E-state index contributed by atoms with van der Waals surface area (Å²) in [6.07, 6.45) is 5.39. The van der Waals surface area contributed by atoms with Crippen molar-refractivity contribution >= 4 is 34.9 Å². The number of aromatic amines is 1. The summed E-state index contributed by atoms with van der Waals surface area (Å²) < 4.78 is 13.9. The number of nitrogens with zero attached hydrogens (tertiary/aromatic N) is 4. The zero-order chi connectivity index (χ0) is 22.9. The van der Waals surface area contributed by atoms with Crippen LogP contribution in [0.1, 0.15) is 26.3 Å². The number of hydrogen-bond donors (Lipinski definition) is 2. The number of nitrogens with one attached hydrogen (secondary N) is 2. The molecule has 2 N–H and O–H groups in total. The van der Waals surface area contributed by atoms with Crippen LogP contribution >= 0.6 is 11.6 Å². The third-order valence-electron chi connectivity index (χ3n) is 5.31. The van der Waals surface area contributed by atoms with Crippen molar-refractivity contribution in [3.63, 3.8) is 0 Å². The Bertz CT molecular complexity index is 1370. The average molecular weight is 463 g/mol. The Hall–Kier alpha value is -4.11. The molecular formula is C23H16ClFN6O2. The van der Waals surface area contributed by atoms with Gasteiger partial charge in [-0.05, 0) is 48.9 Å². The highest BCUT2D eigenvalue weighted by atomic mass is 35.5. The molecule has 164 valence electrons. The van der Waals surface area contributed by atoms with Crippen LogP contribution in [0.2, 0.25) is 5.02 Å². The molecule has 0 saturated heterocycles. The second kappa shape index (κ2) is 8.44. The number of hydrogen-bond acceptors (Lipinski definition) is 5. The summed E-state index contributed by atoms with van der Waals surface area (Å²) in [6.45, 7) is 0.441. The lowest BCUT2D eigenvalue weighted by atomic mass is 10.1. The number of aromatic nitrogens is 4. The molecule has 1 aromatic carbocycles. The summed E-state index contributed by atoms with van der Waals surface area (Å²) in [5.74, 6) is -1.47. The summed E-state index contributed by atoms with van der Waals surface area (Å²) >= 11 is 5.85. The van der Waals surface area contributed by atoms with E-state index in [0.29, 0.717) is 29.9 Å². The fraction of sp³-hybridized carbons (Fsp3) is 0.0870. The van der Waals surface area contributed by atoms with Gasteiger partial charge in [-0.25, -0.2) is 9.37 Å². The molecule has 0 fully saturated rings. The van der Waals surface area contributed by atoms with Crippen molar-refractivity contribution in [1.82, 2.24) is 20.2 Å². The number of amides is 2. The molecule has 33 heavy (non-hydrogen) atoms. The molecule has 4 aromatic rings. The second-order valence-corrected chi connectivity index (χ2v) is 7.80. The number of pyridine rings is 2. The summed E-state index contributed by atoms with van der Waals surface area (Å²) in [7, 11) is 0. The first-order valence-electron chi connectivity index (χ1n) is 10.0. The van der Waals surface area contributed by atoms with Gasteiger partial charge >= 0.3 is 0 Å². The van der Waals surface area contributed by atoms with E-state index in [0.717, 1.165) is 17.3 Å². The topological polar surface area (TPSA) is 104 Å². The summed E-state index contributed by atoms with van der Waals surface area (Å²) in [5.41, 5.74) is 3.23. The largest absolute Gasteiger partial charge is 0.306 e. The minimum Gasteiger partial charge on any atom is -0.306 e. The highest BCUT2D eigenvalue weighted by Gasteiger charge is 2.27. The molecule has 0 atom stereocenters.